The number of benzene rings is 1. The van der Waals surface area contributed by atoms with Gasteiger partial charge in [0.2, 0.25) is 0 Å². The molecule has 0 saturated carbocycles. The van der Waals surface area contributed by atoms with Crippen LogP contribution in [0, 0.1) is 0 Å². The van der Waals surface area contributed by atoms with Gasteiger partial charge in [0.05, 0.1) is 12.0 Å². The van der Waals surface area contributed by atoms with Gasteiger partial charge in [-0.15, -0.1) is 4.83 Å². The van der Waals surface area contributed by atoms with Crippen molar-refractivity contribution in [3.63, 3.8) is 0 Å². The standard InChI is InChI=1S/C11H18N2O4S/c1-13(2)12-18(15,16)11-5-4-10(17-3)8-9(11)6-7-14/h4-5,8,12,14H,6-7H2,1-3H3. The molecule has 0 heterocycles. The number of nitrogens with one attached hydrogen (secondary N) is 1. The first-order valence-electron chi connectivity index (χ1n) is 5.38. The van der Waals surface area contributed by atoms with Crippen LogP contribution in [0.5, 0.6) is 5.75 Å². The smallest absolute Gasteiger partial charge is 0.253 e. The maximum atomic E-state index is 12.1. The highest BCUT2D eigenvalue weighted by Gasteiger charge is 2.19. The summed E-state index contributed by atoms with van der Waals surface area (Å²) < 4.78 is 29.2. The van der Waals surface area contributed by atoms with Crippen molar-refractivity contribution in [1.82, 2.24) is 9.84 Å². The minimum atomic E-state index is -3.63. The van der Waals surface area contributed by atoms with Crippen LogP contribution in [0.25, 0.3) is 0 Å². The number of sulfonamides is 1. The lowest BCUT2D eigenvalue weighted by Crippen LogP contribution is -2.36. The molecule has 7 heteroatoms. The van der Waals surface area contributed by atoms with Crippen molar-refractivity contribution in [1.29, 1.82) is 0 Å². The molecule has 1 aromatic rings. The van der Waals surface area contributed by atoms with E-state index in [0.29, 0.717) is 11.3 Å². The Hall–Kier alpha value is -1.15. The molecule has 0 aliphatic rings. The van der Waals surface area contributed by atoms with Crippen LogP contribution in [0.15, 0.2) is 23.1 Å². The van der Waals surface area contributed by atoms with Crippen LogP contribution in [0.3, 0.4) is 0 Å². The highest BCUT2D eigenvalue weighted by atomic mass is 32.2. The Labute approximate surface area is 107 Å². The second-order valence-electron chi connectivity index (χ2n) is 3.94. The Morgan fingerprint density at radius 1 is 1.39 bits per heavy atom. The summed E-state index contributed by atoms with van der Waals surface area (Å²) >= 11 is 0. The van der Waals surface area contributed by atoms with E-state index in [1.54, 1.807) is 26.2 Å². The Bertz CT molecular complexity index is 500. The number of aliphatic hydroxyl groups is 1. The van der Waals surface area contributed by atoms with Crippen LogP contribution in [0.2, 0.25) is 0 Å². The quantitative estimate of drug-likeness (QED) is 0.713. The van der Waals surface area contributed by atoms with Crippen molar-refractivity contribution >= 4 is 10.0 Å². The number of hydrazine groups is 1. The molecule has 0 bridgehead atoms. The lowest BCUT2D eigenvalue weighted by atomic mass is 10.1. The monoisotopic (exact) mass is 274 g/mol. The lowest BCUT2D eigenvalue weighted by molar-refractivity contribution is 0.298. The molecule has 0 fully saturated rings. The fourth-order valence-electron chi connectivity index (χ4n) is 1.55. The van der Waals surface area contributed by atoms with Gasteiger partial charge in [-0.05, 0) is 30.2 Å². The summed E-state index contributed by atoms with van der Waals surface area (Å²) in [5, 5.41) is 10.3. The van der Waals surface area contributed by atoms with Gasteiger partial charge < -0.3 is 9.84 Å². The first kappa shape index (κ1) is 14.9. The number of methoxy groups -OCH3 is 1. The van der Waals surface area contributed by atoms with Crippen molar-refractivity contribution in [2.45, 2.75) is 11.3 Å². The van der Waals surface area contributed by atoms with Gasteiger partial charge in [0.1, 0.15) is 5.75 Å². The molecular formula is C11H18N2O4S. The molecule has 6 nitrogen and oxygen atoms in total. The second-order valence-corrected chi connectivity index (χ2v) is 5.57. The molecule has 0 aliphatic carbocycles. The van der Waals surface area contributed by atoms with E-state index in [-0.39, 0.29) is 17.9 Å². The molecule has 2 N–H and O–H groups in total. The van der Waals surface area contributed by atoms with Crippen molar-refractivity contribution < 1.29 is 18.3 Å². The van der Waals surface area contributed by atoms with Gasteiger partial charge in [-0.3, -0.25) is 0 Å². The van der Waals surface area contributed by atoms with E-state index in [4.69, 9.17) is 9.84 Å². The normalized spacial score (nSPS) is 11.8. The predicted molar refractivity (Wildman–Crippen MR) is 67.8 cm³/mol. The van der Waals surface area contributed by atoms with E-state index in [0.717, 1.165) is 0 Å². The van der Waals surface area contributed by atoms with Crippen molar-refractivity contribution in [3.05, 3.63) is 23.8 Å². The number of ether oxygens (including phenoxy) is 1. The summed E-state index contributed by atoms with van der Waals surface area (Å²) in [6, 6.07) is 4.65. The first-order chi connectivity index (χ1) is 8.40. The van der Waals surface area contributed by atoms with Gasteiger partial charge in [-0.2, -0.15) is 0 Å². The number of hydrogen-bond donors (Lipinski definition) is 2. The number of hydrogen-bond acceptors (Lipinski definition) is 5. The molecule has 1 aromatic carbocycles. The third-order valence-electron chi connectivity index (χ3n) is 2.24. The van der Waals surface area contributed by atoms with E-state index in [1.165, 1.54) is 18.2 Å². The van der Waals surface area contributed by atoms with Gasteiger partial charge >= 0.3 is 0 Å². The van der Waals surface area contributed by atoms with Gasteiger partial charge in [0, 0.05) is 20.7 Å². The molecule has 102 valence electrons. The zero-order valence-electron chi connectivity index (χ0n) is 10.7. The highest BCUT2D eigenvalue weighted by molar-refractivity contribution is 7.89. The van der Waals surface area contributed by atoms with Crippen LogP contribution in [-0.2, 0) is 16.4 Å². The Kier molecular flexibility index (Phi) is 5.09. The van der Waals surface area contributed by atoms with Crippen molar-refractivity contribution in [2.24, 2.45) is 0 Å². The van der Waals surface area contributed by atoms with E-state index < -0.39 is 10.0 Å². The fraction of sp³-hybridized carbons (Fsp3) is 0.455. The molecule has 0 aromatic heterocycles. The van der Waals surface area contributed by atoms with Gasteiger partial charge in [0.25, 0.3) is 10.0 Å². The topological polar surface area (TPSA) is 78.9 Å². The van der Waals surface area contributed by atoms with Gasteiger partial charge in [0.15, 0.2) is 0 Å². The molecule has 0 saturated heterocycles. The van der Waals surface area contributed by atoms with Gasteiger partial charge in [-0.25, -0.2) is 13.4 Å². The first-order valence-corrected chi connectivity index (χ1v) is 6.86. The highest BCUT2D eigenvalue weighted by Crippen LogP contribution is 2.22. The maximum absolute atomic E-state index is 12.1. The molecule has 0 radical (unpaired) electrons. The van der Waals surface area contributed by atoms with Crippen molar-refractivity contribution in [2.75, 3.05) is 27.8 Å². The molecule has 18 heavy (non-hydrogen) atoms. The minimum absolute atomic E-state index is 0.127. The van der Waals surface area contributed by atoms with Crippen LogP contribution < -0.4 is 9.57 Å². The maximum Gasteiger partial charge on any atom is 0.253 e. The average Bonchev–Trinajstić information content (AvgIpc) is 2.27. The average molecular weight is 274 g/mol. The van der Waals surface area contributed by atoms with Crippen LogP contribution in [0.4, 0.5) is 0 Å². The van der Waals surface area contributed by atoms with Crippen LogP contribution in [0.1, 0.15) is 5.56 Å². The third kappa shape index (κ3) is 3.67. The van der Waals surface area contributed by atoms with E-state index in [1.807, 2.05) is 0 Å². The Morgan fingerprint density at radius 2 is 2.06 bits per heavy atom. The summed E-state index contributed by atoms with van der Waals surface area (Å²) in [4.78, 5) is 2.50. The van der Waals surface area contributed by atoms with E-state index in [9.17, 15) is 8.42 Å². The summed E-state index contributed by atoms with van der Waals surface area (Å²) in [7, 11) is 1.06. The van der Waals surface area contributed by atoms with E-state index in [2.05, 4.69) is 4.83 Å². The molecule has 0 spiro atoms. The minimum Gasteiger partial charge on any atom is -0.497 e. The Balaban J connectivity index is 3.22. The van der Waals surface area contributed by atoms with Crippen LogP contribution >= 0.6 is 0 Å². The lowest BCUT2D eigenvalue weighted by Gasteiger charge is -2.15. The molecular weight excluding hydrogens is 256 g/mol. The molecule has 0 atom stereocenters. The van der Waals surface area contributed by atoms with Crippen LogP contribution in [-0.4, -0.2) is 46.3 Å². The molecule has 0 amide bonds. The number of nitrogens with zero attached hydrogens (tertiary/aromatic N) is 1. The Morgan fingerprint density at radius 3 is 2.56 bits per heavy atom. The number of aliphatic hydroxyl groups excluding tert-OH is 1. The summed E-state index contributed by atoms with van der Waals surface area (Å²) in [5.74, 6) is 0.558. The largest absolute Gasteiger partial charge is 0.497 e. The summed E-state index contributed by atoms with van der Waals surface area (Å²) in [5.41, 5.74) is 0.520. The molecule has 0 unspecified atom stereocenters. The summed E-state index contributed by atoms with van der Waals surface area (Å²) in [6.07, 6.45) is 0.251. The van der Waals surface area contributed by atoms with Crippen molar-refractivity contribution in [3.8, 4) is 5.75 Å². The zero-order chi connectivity index (χ0) is 13.8. The second kappa shape index (κ2) is 6.14. The zero-order valence-corrected chi connectivity index (χ0v) is 11.5. The SMILES string of the molecule is COc1ccc(S(=O)(=O)NN(C)C)c(CCO)c1. The molecule has 0 aliphatic heterocycles. The summed E-state index contributed by atoms with van der Waals surface area (Å²) in [6.45, 7) is -0.127. The number of rotatable bonds is 6. The third-order valence-corrected chi connectivity index (χ3v) is 3.82. The molecule has 1 rings (SSSR count). The van der Waals surface area contributed by atoms with Gasteiger partial charge in [-0.1, -0.05) is 0 Å². The predicted octanol–water partition coefficient (Wildman–Crippen LogP) is -0.0151. The van der Waals surface area contributed by atoms with E-state index >= 15 is 0 Å². The fourth-order valence-corrected chi connectivity index (χ4v) is 2.88.